The Hall–Kier alpha value is -2.21. The highest BCUT2D eigenvalue weighted by Gasteiger charge is 2.17. The molecule has 0 radical (unpaired) electrons. The van der Waals surface area contributed by atoms with E-state index in [0.717, 1.165) is 19.4 Å². The van der Waals surface area contributed by atoms with E-state index >= 15 is 0 Å². The Morgan fingerprint density at radius 2 is 2.19 bits per heavy atom. The number of carbonyl (C=O) groups excluding carboxylic acids is 1. The van der Waals surface area contributed by atoms with Crippen LogP contribution in [0.4, 0.5) is 0 Å². The molecule has 2 N–H and O–H groups in total. The highest BCUT2D eigenvalue weighted by atomic mass is 16.5. The average molecular weight is 287 g/mol. The van der Waals surface area contributed by atoms with Crippen LogP contribution in [0.1, 0.15) is 18.5 Å². The summed E-state index contributed by atoms with van der Waals surface area (Å²) in [6.45, 7) is 1.30. The molecule has 1 atom stereocenters. The fourth-order valence-corrected chi connectivity index (χ4v) is 2.55. The zero-order valence-electron chi connectivity index (χ0n) is 11.6. The molecule has 0 bridgehead atoms. The molecule has 1 saturated heterocycles. The Bertz CT molecular complexity index is 705. The summed E-state index contributed by atoms with van der Waals surface area (Å²) >= 11 is 0. The van der Waals surface area contributed by atoms with Gasteiger partial charge in [-0.15, -0.1) is 0 Å². The molecule has 2 aromatic rings. The second-order valence-corrected chi connectivity index (χ2v) is 5.16. The van der Waals surface area contributed by atoms with Gasteiger partial charge in [-0.25, -0.2) is 5.10 Å². The summed E-state index contributed by atoms with van der Waals surface area (Å²) in [6, 6.07) is 7.15. The lowest BCUT2D eigenvalue weighted by Crippen LogP contribution is -2.33. The predicted molar refractivity (Wildman–Crippen MR) is 78.1 cm³/mol. The van der Waals surface area contributed by atoms with Crippen molar-refractivity contribution in [3.63, 3.8) is 0 Å². The number of aromatic amines is 1. The minimum Gasteiger partial charge on any atom is -0.376 e. The third-order valence-electron chi connectivity index (χ3n) is 3.65. The standard InChI is InChI=1S/C15H17N3O3/c19-14(16-9-10-4-3-7-21-10)8-13-11-5-1-2-6-12(11)15(20)18-17-13/h1-2,5-6,10H,3-4,7-9H2,(H,16,19)(H,18,20)/t10-/m1/s1. The first-order valence-electron chi connectivity index (χ1n) is 7.08. The number of benzene rings is 1. The molecule has 3 rings (SSSR count). The minimum absolute atomic E-state index is 0.116. The Morgan fingerprint density at radius 1 is 1.38 bits per heavy atom. The molecule has 0 aliphatic carbocycles. The third-order valence-corrected chi connectivity index (χ3v) is 3.65. The molecule has 6 nitrogen and oxygen atoms in total. The van der Waals surface area contributed by atoms with Crippen LogP contribution in [0, 0.1) is 0 Å². The van der Waals surface area contributed by atoms with Crippen LogP contribution >= 0.6 is 0 Å². The van der Waals surface area contributed by atoms with E-state index < -0.39 is 0 Å². The molecule has 1 aromatic carbocycles. The van der Waals surface area contributed by atoms with Gasteiger partial charge in [0.25, 0.3) is 5.56 Å². The molecule has 110 valence electrons. The van der Waals surface area contributed by atoms with Crippen molar-refractivity contribution in [2.45, 2.75) is 25.4 Å². The number of carbonyl (C=O) groups is 1. The van der Waals surface area contributed by atoms with Crippen LogP contribution in [0.2, 0.25) is 0 Å². The first kappa shape index (κ1) is 13.8. The lowest BCUT2D eigenvalue weighted by Gasteiger charge is -2.11. The normalized spacial score (nSPS) is 18.0. The monoisotopic (exact) mass is 287 g/mol. The molecule has 21 heavy (non-hydrogen) atoms. The second kappa shape index (κ2) is 6.05. The van der Waals surface area contributed by atoms with Crippen molar-refractivity contribution in [1.29, 1.82) is 0 Å². The van der Waals surface area contributed by atoms with Crippen molar-refractivity contribution in [2.24, 2.45) is 0 Å². The van der Waals surface area contributed by atoms with Gasteiger partial charge in [0.15, 0.2) is 0 Å². The molecule has 1 aromatic heterocycles. The molecule has 0 spiro atoms. The fraction of sp³-hybridized carbons (Fsp3) is 0.400. The smallest absolute Gasteiger partial charge is 0.272 e. The number of aromatic nitrogens is 2. The largest absolute Gasteiger partial charge is 0.376 e. The quantitative estimate of drug-likeness (QED) is 0.869. The molecule has 1 aliphatic heterocycles. The van der Waals surface area contributed by atoms with Crippen LogP contribution in [0.25, 0.3) is 10.8 Å². The number of rotatable bonds is 4. The van der Waals surface area contributed by atoms with Gasteiger partial charge in [0, 0.05) is 18.5 Å². The van der Waals surface area contributed by atoms with Crippen LogP contribution in [-0.2, 0) is 16.0 Å². The van der Waals surface area contributed by atoms with Gasteiger partial charge in [0.2, 0.25) is 5.91 Å². The molecule has 6 heteroatoms. The summed E-state index contributed by atoms with van der Waals surface area (Å²) < 4.78 is 5.46. The highest BCUT2D eigenvalue weighted by Crippen LogP contribution is 2.13. The first-order chi connectivity index (χ1) is 10.2. The molecular formula is C15H17N3O3. The van der Waals surface area contributed by atoms with E-state index in [1.54, 1.807) is 18.2 Å². The molecule has 0 unspecified atom stereocenters. The minimum atomic E-state index is -0.242. The maximum absolute atomic E-state index is 12.0. The van der Waals surface area contributed by atoms with Crippen molar-refractivity contribution in [2.75, 3.05) is 13.2 Å². The van der Waals surface area contributed by atoms with Crippen molar-refractivity contribution in [3.05, 3.63) is 40.3 Å². The van der Waals surface area contributed by atoms with Crippen molar-refractivity contribution in [3.8, 4) is 0 Å². The SMILES string of the molecule is O=C(Cc1n[nH]c(=O)c2ccccc12)NC[C@H]1CCCO1. The van der Waals surface area contributed by atoms with Gasteiger partial charge in [0.1, 0.15) is 0 Å². The van der Waals surface area contributed by atoms with E-state index in [1.807, 2.05) is 6.07 Å². The molecular weight excluding hydrogens is 270 g/mol. The van der Waals surface area contributed by atoms with Gasteiger partial charge in [0.05, 0.1) is 23.6 Å². The molecule has 1 fully saturated rings. The number of H-pyrrole nitrogens is 1. The molecule has 0 saturated carbocycles. The summed E-state index contributed by atoms with van der Waals surface area (Å²) in [7, 11) is 0. The molecule has 1 amide bonds. The maximum atomic E-state index is 12.0. The third kappa shape index (κ3) is 3.11. The number of nitrogens with one attached hydrogen (secondary N) is 2. The van der Waals surface area contributed by atoms with Crippen molar-refractivity contribution < 1.29 is 9.53 Å². The number of nitrogens with zero attached hydrogens (tertiary/aromatic N) is 1. The topological polar surface area (TPSA) is 84.1 Å². The lowest BCUT2D eigenvalue weighted by molar-refractivity contribution is -0.121. The maximum Gasteiger partial charge on any atom is 0.272 e. The number of ether oxygens (including phenoxy) is 1. The van der Waals surface area contributed by atoms with E-state index in [-0.39, 0.29) is 24.0 Å². The van der Waals surface area contributed by atoms with Crippen molar-refractivity contribution >= 4 is 16.7 Å². The first-order valence-corrected chi connectivity index (χ1v) is 7.08. The van der Waals surface area contributed by atoms with E-state index in [4.69, 9.17) is 4.74 Å². The van der Waals surface area contributed by atoms with E-state index in [2.05, 4.69) is 15.5 Å². The van der Waals surface area contributed by atoms with Crippen LogP contribution in [0.3, 0.4) is 0 Å². The Morgan fingerprint density at radius 3 is 2.95 bits per heavy atom. The highest BCUT2D eigenvalue weighted by molar-refractivity contribution is 5.88. The van der Waals surface area contributed by atoms with Gasteiger partial charge < -0.3 is 10.1 Å². The van der Waals surface area contributed by atoms with Gasteiger partial charge in [-0.05, 0) is 18.9 Å². The second-order valence-electron chi connectivity index (χ2n) is 5.16. The van der Waals surface area contributed by atoms with Gasteiger partial charge in [-0.3, -0.25) is 9.59 Å². The molecule has 2 heterocycles. The van der Waals surface area contributed by atoms with E-state index in [9.17, 15) is 9.59 Å². The number of hydrogen-bond donors (Lipinski definition) is 2. The summed E-state index contributed by atoms with van der Waals surface area (Å²) in [5.41, 5.74) is 0.337. The van der Waals surface area contributed by atoms with Gasteiger partial charge in [-0.1, -0.05) is 18.2 Å². The van der Waals surface area contributed by atoms with Crippen LogP contribution in [0.15, 0.2) is 29.1 Å². The van der Waals surface area contributed by atoms with Gasteiger partial charge in [-0.2, -0.15) is 5.10 Å². The summed E-state index contributed by atoms with van der Waals surface area (Å²) in [4.78, 5) is 23.7. The van der Waals surface area contributed by atoms with Crippen LogP contribution in [-0.4, -0.2) is 35.4 Å². The number of hydrogen-bond acceptors (Lipinski definition) is 4. The summed E-state index contributed by atoms with van der Waals surface area (Å²) in [5, 5.41) is 10.6. The Balaban J connectivity index is 1.71. The zero-order valence-corrected chi connectivity index (χ0v) is 11.6. The number of amides is 1. The van der Waals surface area contributed by atoms with Crippen molar-refractivity contribution in [1.82, 2.24) is 15.5 Å². The molecule has 1 aliphatic rings. The zero-order chi connectivity index (χ0) is 14.7. The van der Waals surface area contributed by atoms with E-state index in [0.29, 0.717) is 23.0 Å². The van der Waals surface area contributed by atoms with Crippen LogP contribution < -0.4 is 10.9 Å². The van der Waals surface area contributed by atoms with E-state index in [1.165, 1.54) is 0 Å². The van der Waals surface area contributed by atoms with Gasteiger partial charge >= 0.3 is 0 Å². The predicted octanol–water partition coefficient (Wildman–Crippen LogP) is 0.761. The average Bonchev–Trinajstić information content (AvgIpc) is 3.02. The summed E-state index contributed by atoms with van der Waals surface area (Å²) in [5.74, 6) is -0.116. The lowest BCUT2D eigenvalue weighted by atomic mass is 10.1. The fourth-order valence-electron chi connectivity index (χ4n) is 2.55. The Kier molecular flexibility index (Phi) is 3.96. The summed E-state index contributed by atoms with van der Waals surface area (Å²) in [6.07, 6.45) is 2.30. The van der Waals surface area contributed by atoms with Crippen LogP contribution in [0.5, 0.6) is 0 Å². The Labute approximate surface area is 121 Å². The number of fused-ring (bicyclic) bond motifs is 1.